The van der Waals surface area contributed by atoms with E-state index in [1.54, 1.807) is 0 Å². The molecule has 0 radical (unpaired) electrons. The Kier molecular flexibility index (Phi) is 4.73. The van der Waals surface area contributed by atoms with Gasteiger partial charge in [0, 0.05) is 16.6 Å². The molecule has 0 aliphatic rings. The highest BCUT2D eigenvalue weighted by molar-refractivity contribution is 8.00. The molecule has 2 nitrogen and oxygen atoms in total. The SMILES string of the molecule is CCC(CC(=N)N)Sc1cc(F)ccc1F. The van der Waals surface area contributed by atoms with Gasteiger partial charge in [0.2, 0.25) is 0 Å². The van der Waals surface area contributed by atoms with Gasteiger partial charge in [0.05, 0.1) is 5.84 Å². The number of rotatable bonds is 5. The van der Waals surface area contributed by atoms with Gasteiger partial charge in [-0.2, -0.15) is 0 Å². The second-order valence-electron chi connectivity index (χ2n) is 3.45. The van der Waals surface area contributed by atoms with E-state index in [-0.39, 0.29) is 16.0 Å². The molecule has 1 rings (SSSR count). The van der Waals surface area contributed by atoms with Crippen LogP contribution in [0.3, 0.4) is 0 Å². The topological polar surface area (TPSA) is 49.9 Å². The highest BCUT2D eigenvalue weighted by Gasteiger charge is 2.13. The summed E-state index contributed by atoms with van der Waals surface area (Å²) < 4.78 is 26.2. The molecule has 0 heterocycles. The third-order valence-corrected chi connectivity index (χ3v) is 3.49. The number of nitrogens with two attached hydrogens (primary N) is 1. The molecule has 0 aromatic heterocycles. The Labute approximate surface area is 97.7 Å². The number of halogens is 2. The fraction of sp³-hybridized carbons (Fsp3) is 0.364. The summed E-state index contributed by atoms with van der Waals surface area (Å²) in [5.41, 5.74) is 5.29. The maximum atomic E-state index is 13.3. The molecule has 16 heavy (non-hydrogen) atoms. The summed E-state index contributed by atoms with van der Waals surface area (Å²) in [4.78, 5) is 0.271. The molecule has 1 aromatic rings. The Balaban J connectivity index is 2.77. The van der Waals surface area contributed by atoms with Crippen LogP contribution in [0.1, 0.15) is 19.8 Å². The lowest BCUT2D eigenvalue weighted by atomic mass is 10.2. The Morgan fingerprint density at radius 3 is 2.75 bits per heavy atom. The van der Waals surface area contributed by atoms with Crippen molar-refractivity contribution in [2.45, 2.75) is 29.9 Å². The Morgan fingerprint density at radius 1 is 1.50 bits per heavy atom. The van der Waals surface area contributed by atoms with Gasteiger partial charge < -0.3 is 5.73 Å². The molecule has 1 atom stereocenters. The molecule has 5 heteroatoms. The van der Waals surface area contributed by atoms with Crippen LogP contribution in [0, 0.1) is 17.0 Å². The number of nitrogens with one attached hydrogen (secondary N) is 1. The summed E-state index contributed by atoms with van der Waals surface area (Å²) >= 11 is 1.22. The van der Waals surface area contributed by atoms with Crippen LogP contribution in [0.2, 0.25) is 0 Å². The van der Waals surface area contributed by atoms with Crippen LogP contribution in [0.15, 0.2) is 23.1 Å². The molecule has 88 valence electrons. The third kappa shape index (κ3) is 3.81. The van der Waals surface area contributed by atoms with Crippen molar-refractivity contribution in [3.63, 3.8) is 0 Å². The van der Waals surface area contributed by atoms with E-state index >= 15 is 0 Å². The molecule has 0 saturated heterocycles. The van der Waals surface area contributed by atoms with Gasteiger partial charge in [-0.05, 0) is 24.6 Å². The van der Waals surface area contributed by atoms with Gasteiger partial charge in [0.15, 0.2) is 0 Å². The van der Waals surface area contributed by atoms with E-state index in [2.05, 4.69) is 0 Å². The second-order valence-corrected chi connectivity index (χ2v) is 4.79. The fourth-order valence-electron chi connectivity index (χ4n) is 1.26. The number of hydrogen-bond donors (Lipinski definition) is 2. The maximum Gasteiger partial charge on any atom is 0.136 e. The zero-order valence-corrected chi connectivity index (χ0v) is 9.78. The van der Waals surface area contributed by atoms with Crippen molar-refractivity contribution in [2.24, 2.45) is 5.73 Å². The summed E-state index contributed by atoms with van der Waals surface area (Å²) in [7, 11) is 0. The largest absolute Gasteiger partial charge is 0.388 e. The molecule has 0 fully saturated rings. The minimum Gasteiger partial charge on any atom is -0.388 e. The van der Waals surface area contributed by atoms with Crippen LogP contribution in [0.25, 0.3) is 0 Å². The molecule has 0 spiro atoms. The fourth-order valence-corrected chi connectivity index (χ4v) is 2.41. The zero-order valence-electron chi connectivity index (χ0n) is 8.97. The first kappa shape index (κ1) is 13.0. The Morgan fingerprint density at radius 2 is 2.19 bits per heavy atom. The lowest BCUT2D eigenvalue weighted by Crippen LogP contribution is -2.16. The molecule has 1 aromatic carbocycles. The molecule has 3 N–H and O–H groups in total. The van der Waals surface area contributed by atoms with Crippen molar-refractivity contribution in [1.29, 1.82) is 5.41 Å². The van der Waals surface area contributed by atoms with E-state index in [1.807, 2.05) is 6.92 Å². The van der Waals surface area contributed by atoms with Crippen molar-refractivity contribution < 1.29 is 8.78 Å². The minimum atomic E-state index is -0.457. The summed E-state index contributed by atoms with van der Waals surface area (Å²) in [6.45, 7) is 1.93. The van der Waals surface area contributed by atoms with Gasteiger partial charge >= 0.3 is 0 Å². The van der Waals surface area contributed by atoms with Crippen molar-refractivity contribution in [3.8, 4) is 0 Å². The van der Waals surface area contributed by atoms with Crippen molar-refractivity contribution in [1.82, 2.24) is 0 Å². The molecule has 0 saturated carbocycles. The first-order chi connectivity index (χ1) is 7.52. The molecule has 0 amide bonds. The number of hydrogen-bond acceptors (Lipinski definition) is 2. The summed E-state index contributed by atoms with van der Waals surface area (Å²) in [5, 5.41) is 7.19. The predicted octanol–water partition coefficient (Wildman–Crippen LogP) is 3.16. The van der Waals surface area contributed by atoms with Crippen LogP contribution in [-0.4, -0.2) is 11.1 Å². The number of amidine groups is 1. The average molecular weight is 244 g/mol. The first-order valence-electron chi connectivity index (χ1n) is 4.97. The van der Waals surface area contributed by atoms with E-state index in [4.69, 9.17) is 11.1 Å². The Hall–Kier alpha value is -1.10. The maximum absolute atomic E-state index is 13.3. The van der Waals surface area contributed by atoms with Gasteiger partial charge in [0.25, 0.3) is 0 Å². The van der Waals surface area contributed by atoms with E-state index in [0.717, 1.165) is 18.6 Å². The van der Waals surface area contributed by atoms with Gasteiger partial charge in [-0.1, -0.05) is 6.92 Å². The van der Waals surface area contributed by atoms with E-state index in [1.165, 1.54) is 17.8 Å². The monoisotopic (exact) mass is 244 g/mol. The van der Waals surface area contributed by atoms with E-state index in [0.29, 0.717) is 6.42 Å². The van der Waals surface area contributed by atoms with Crippen molar-refractivity contribution >= 4 is 17.6 Å². The summed E-state index contributed by atoms with van der Waals surface area (Å²) in [6.07, 6.45) is 1.14. The number of benzene rings is 1. The van der Waals surface area contributed by atoms with Gasteiger partial charge in [0.1, 0.15) is 11.6 Å². The molecular formula is C11H14F2N2S. The predicted molar refractivity (Wildman–Crippen MR) is 62.8 cm³/mol. The van der Waals surface area contributed by atoms with Crippen molar-refractivity contribution in [3.05, 3.63) is 29.8 Å². The lowest BCUT2D eigenvalue weighted by Gasteiger charge is -2.13. The van der Waals surface area contributed by atoms with Crippen LogP contribution >= 0.6 is 11.8 Å². The minimum absolute atomic E-state index is 0.00815. The van der Waals surface area contributed by atoms with E-state index < -0.39 is 11.6 Å². The number of thioether (sulfide) groups is 1. The van der Waals surface area contributed by atoms with Crippen LogP contribution in [0.4, 0.5) is 8.78 Å². The zero-order chi connectivity index (χ0) is 12.1. The standard InChI is InChI=1S/C11H14F2N2S/c1-2-8(6-11(14)15)16-10-5-7(12)3-4-9(10)13/h3-5,8H,2,6H2,1H3,(H3,14,15). The van der Waals surface area contributed by atoms with Crippen molar-refractivity contribution in [2.75, 3.05) is 0 Å². The molecule has 0 aliphatic heterocycles. The quantitative estimate of drug-likeness (QED) is 0.475. The molecule has 0 aliphatic carbocycles. The van der Waals surface area contributed by atoms with Crippen LogP contribution in [0.5, 0.6) is 0 Å². The van der Waals surface area contributed by atoms with Crippen LogP contribution in [-0.2, 0) is 0 Å². The second kappa shape index (κ2) is 5.84. The highest BCUT2D eigenvalue weighted by Crippen LogP contribution is 2.30. The molecular weight excluding hydrogens is 230 g/mol. The van der Waals surface area contributed by atoms with Gasteiger partial charge in [-0.3, -0.25) is 5.41 Å². The summed E-state index contributed by atoms with van der Waals surface area (Å²) in [5.74, 6) is -0.828. The van der Waals surface area contributed by atoms with E-state index in [9.17, 15) is 8.78 Å². The van der Waals surface area contributed by atoms with Gasteiger partial charge in [-0.25, -0.2) is 8.78 Å². The first-order valence-corrected chi connectivity index (χ1v) is 5.85. The Bertz CT molecular complexity index is 382. The third-order valence-electron chi connectivity index (χ3n) is 2.09. The smallest absolute Gasteiger partial charge is 0.136 e. The highest BCUT2D eigenvalue weighted by atomic mass is 32.2. The lowest BCUT2D eigenvalue weighted by molar-refractivity contribution is 0.576. The van der Waals surface area contributed by atoms with Crippen LogP contribution < -0.4 is 5.73 Å². The molecule has 0 bridgehead atoms. The average Bonchev–Trinajstić information content (AvgIpc) is 2.21. The van der Waals surface area contributed by atoms with Gasteiger partial charge in [-0.15, -0.1) is 11.8 Å². The summed E-state index contributed by atoms with van der Waals surface area (Å²) in [6, 6.07) is 3.37. The molecule has 1 unspecified atom stereocenters. The normalized spacial score (nSPS) is 12.4.